The zero-order valence-corrected chi connectivity index (χ0v) is 9.88. The van der Waals surface area contributed by atoms with Gasteiger partial charge >= 0.3 is 5.97 Å². The fraction of sp³-hybridized carbons (Fsp3) is 0.429. The van der Waals surface area contributed by atoms with E-state index >= 15 is 0 Å². The first-order chi connectivity index (χ1) is 7.38. The van der Waals surface area contributed by atoms with Gasteiger partial charge in [-0.1, -0.05) is 0 Å². The summed E-state index contributed by atoms with van der Waals surface area (Å²) in [5.74, 6) is -1.40. The number of nitrogens with one attached hydrogen (secondary N) is 1. The third kappa shape index (κ3) is 2.76. The lowest BCUT2D eigenvalue weighted by atomic mass is 10.4. The van der Waals surface area contributed by atoms with Crippen molar-refractivity contribution < 1.29 is 23.4 Å². The van der Waals surface area contributed by atoms with Gasteiger partial charge in [-0.3, -0.25) is 0 Å². The van der Waals surface area contributed by atoms with Crippen LogP contribution in [0.4, 0.5) is 0 Å². The number of aliphatic hydroxyl groups excluding tert-OH is 1. The molecular weight excluding hydrogens is 256 g/mol. The van der Waals surface area contributed by atoms with Gasteiger partial charge in [-0.15, -0.1) is 11.3 Å². The molecule has 0 aliphatic heterocycles. The van der Waals surface area contributed by atoms with Gasteiger partial charge in [0.2, 0.25) is 0 Å². The molecule has 0 amide bonds. The van der Waals surface area contributed by atoms with Crippen molar-refractivity contribution in [1.82, 2.24) is 9.71 Å². The van der Waals surface area contributed by atoms with Gasteiger partial charge in [-0.2, -0.15) is 0 Å². The molecule has 7 nitrogen and oxygen atoms in total. The molecule has 9 heteroatoms. The number of carboxylic acid groups (broad SMARTS) is 1. The predicted molar refractivity (Wildman–Crippen MR) is 55.9 cm³/mol. The molecule has 0 unspecified atom stereocenters. The van der Waals surface area contributed by atoms with E-state index in [9.17, 15) is 13.2 Å². The molecule has 0 aliphatic carbocycles. The number of aromatic nitrogens is 1. The number of aromatic carboxylic acids is 1. The Hall–Kier alpha value is -1.03. The van der Waals surface area contributed by atoms with Gasteiger partial charge in [-0.05, 0) is 6.92 Å². The Balaban J connectivity index is 3.08. The van der Waals surface area contributed by atoms with E-state index in [1.54, 1.807) is 0 Å². The molecule has 0 aliphatic rings. The second kappa shape index (κ2) is 4.87. The van der Waals surface area contributed by atoms with Crippen molar-refractivity contribution in [3.63, 3.8) is 0 Å². The highest BCUT2D eigenvalue weighted by atomic mass is 32.2. The molecule has 0 saturated carbocycles. The Kier molecular flexibility index (Phi) is 3.97. The van der Waals surface area contributed by atoms with Crippen LogP contribution in [0.3, 0.4) is 0 Å². The average Bonchev–Trinajstić information content (AvgIpc) is 2.65. The van der Waals surface area contributed by atoms with Gasteiger partial charge in [0.1, 0.15) is 0 Å². The summed E-state index contributed by atoms with van der Waals surface area (Å²) < 4.78 is 25.1. The maximum absolute atomic E-state index is 11.7. The van der Waals surface area contributed by atoms with Crippen LogP contribution in [0.1, 0.15) is 17.4 Å². The van der Waals surface area contributed by atoms with Crippen molar-refractivity contribution in [3.8, 4) is 0 Å². The number of aliphatic hydroxyl groups is 1. The summed E-state index contributed by atoms with van der Waals surface area (Å²) in [6, 6.07) is -0.686. The number of thiazole rings is 1. The number of carboxylic acids is 1. The first-order valence-corrected chi connectivity index (χ1v) is 6.54. The van der Waals surface area contributed by atoms with E-state index in [0.717, 1.165) is 5.51 Å². The molecule has 0 saturated heterocycles. The van der Waals surface area contributed by atoms with Gasteiger partial charge in [-0.25, -0.2) is 22.9 Å². The zero-order valence-electron chi connectivity index (χ0n) is 8.24. The zero-order chi connectivity index (χ0) is 12.3. The molecule has 0 radical (unpaired) electrons. The molecule has 16 heavy (non-hydrogen) atoms. The van der Waals surface area contributed by atoms with Crippen LogP contribution in [0.25, 0.3) is 0 Å². The van der Waals surface area contributed by atoms with Crippen molar-refractivity contribution in [2.45, 2.75) is 17.2 Å². The van der Waals surface area contributed by atoms with Crippen molar-refractivity contribution in [3.05, 3.63) is 11.2 Å². The SMILES string of the molecule is C[C@H](CO)NS(=O)(=O)c1scnc1C(=O)O. The van der Waals surface area contributed by atoms with Gasteiger partial charge < -0.3 is 10.2 Å². The highest BCUT2D eigenvalue weighted by Crippen LogP contribution is 2.19. The fourth-order valence-corrected chi connectivity index (χ4v) is 3.32. The van der Waals surface area contributed by atoms with Crippen LogP contribution in [-0.2, 0) is 10.0 Å². The van der Waals surface area contributed by atoms with E-state index in [1.807, 2.05) is 0 Å². The minimum absolute atomic E-state index is 0.361. The lowest BCUT2D eigenvalue weighted by molar-refractivity contribution is 0.0687. The second-order valence-corrected chi connectivity index (χ2v) is 5.76. The molecule has 0 spiro atoms. The van der Waals surface area contributed by atoms with E-state index in [1.165, 1.54) is 6.92 Å². The van der Waals surface area contributed by atoms with Crippen molar-refractivity contribution in [2.75, 3.05) is 6.61 Å². The second-order valence-electron chi connectivity index (χ2n) is 3.00. The molecule has 90 valence electrons. The van der Waals surface area contributed by atoms with Gasteiger partial charge in [0.25, 0.3) is 10.0 Å². The Morgan fingerprint density at radius 2 is 2.31 bits per heavy atom. The third-order valence-electron chi connectivity index (χ3n) is 1.61. The third-order valence-corrected chi connectivity index (χ3v) is 4.57. The molecule has 1 heterocycles. The molecule has 0 aromatic carbocycles. The summed E-state index contributed by atoms with van der Waals surface area (Å²) in [6.07, 6.45) is 0. The van der Waals surface area contributed by atoms with Crippen LogP contribution in [0.2, 0.25) is 0 Å². The van der Waals surface area contributed by atoms with E-state index in [2.05, 4.69) is 9.71 Å². The molecule has 1 rings (SSSR count). The molecule has 1 aromatic rings. The molecule has 0 fully saturated rings. The van der Waals surface area contributed by atoms with Crippen molar-refractivity contribution in [1.29, 1.82) is 0 Å². The topological polar surface area (TPSA) is 117 Å². The maximum Gasteiger partial charge on any atom is 0.356 e. The Morgan fingerprint density at radius 1 is 1.69 bits per heavy atom. The highest BCUT2D eigenvalue weighted by Gasteiger charge is 2.26. The summed E-state index contributed by atoms with van der Waals surface area (Å²) in [5, 5.41) is 17.4. The van der Waals surface area contributed by atoms with E-state index < -0.39 is 27.7 Å². The summed E-state index contributed by atoms with van der Waals surface area (Å²) in [7, 11) is -3.94. The maximum atomic E-state index is 11.7. The molecular formula is C7H10N2O5S2. The normalized spacial score (nSPS) is 13.6. The fourth-order valence-electron chi connectivity index (χ4n) is 0.924. The Morgan fingerprint density at radius 3 is 2.81 bits per heavy atom. The van der Waals surface area contributed by atoms with Gasteiger partial charge in [0, 0.05) is 6.04 Å². The predicted octanol–water partition coefficient (Wildman–Crippen LogP) is -0.500. The van der Waals surface area contributed by atoms with Crippen molar-refractivity contribution >= 4 is 27.3 Å². The summed E-state index contributed by atoms with van der Waals surface area (Å²) in [5.41, 5.74) is 0.629. The number of carbonyl (C=O) groups is 1. The standard InChI is InChI=1S/C7H10N2O5S2/c1-4(2-10)9-16(13,14)7-5(6(11)12)8-3-15-7/h3-4,9-10H,2H2,1H3,(H,11,12)/t4-/m1/s1. The summed E-state index contributed by atoms with van der Waals surface area (Å²) in [4.78, 5) is 14.1. The van der Waals surface area contributed by atoms with Gasteiger partial charge in [0.15, 0.2) is 9.90 Å². The van der Waals surface area contributed by atoms with Crippen LogP contribution in [0.15, 0.2) is 9.72 Å². The molecule has 1 atom stereocenters. The lowest BCUT2D eigenvalue weighted by Gasteiger charge is -2.10. The Bertz CT molecular complexity index is 481. The van der Waals surface area contributed by atoms with Crippen LogP contribution in [-0.4, -0.2) is 42.2 Å². The van der Waals surface area contributed by atoms with Crippen LogP contribution in [0.5, 0.6) is 0 Å². The van der Waals surface area contributed by atoms with Crippen LogP contribution >= 0.6 is 11.3 Å². The van der Waals surface area contributed by atoms with E-state index in [-0.39, 0.29) is 10.8 Å². The summed E-state index contributed by atoms with van der Waals surface area (Å²) >= 11 is 0.713. The van der Waals surface area contributed by atoms with E-state index in [4.69, 9.17) is 10.2 Å². The number of nitrogens with zero attached hydrogens (tertiary/aromatic N) is 1. The van der Waals surface area contributed by atoms with E-state index in [0.29, 0.717) is 11.3 Å². The van der Waals surface area contributed by atoms with Crippen LogP contribution < -0.4 is 4.72 Å². The molecule has 3 N–H and O–H groups in total. The highest BCUT2D eigenvalue weighted by molar-refractivity contribution is 7.91. The summed E-state index contributed by atoms with van der Waals surface area (Å²) in [6.45, 7) is 1.08. The number of hydrogen-bond donors (Lipinski definition) is 3. The van der Waals surface area contributed by atoms with Crippen LogP contribution in [0, 0.1) is 0 Å². The monoisotopic (exact) mass is 266 g/mol. The van der Waals surface area contributed by atoms with Crippen molar-refractivity contribution in [2.24, 2.45) is 0 Å². The number of sulfonamides is 1. The largest absolute Gasteiger partial charge is 0.476 e. The van der Waals surface area contributed by atoms with Gasteiger partial charge in [0.05, 0.1) is 12.1 Å². The smallest absolute Gasteiger partial charge is 0.356 e. The minimum Gasteiger partial charge on any atom is -0.476 e. The lowest BCUT2D eigenvalue weighted by Crippen LogP contribution is -2.35. The quantitative estimate of drug-likeness (QED) is 0.661. The average molecular weight is 266 g/mol. The molecule has 1 aromatic heterocycles. The number of rotatable bonds is 5. The molecule has 0 bridgehead atoms. The minimum atomic E-state index is -3.94. The first-order valence-electron chi connectivity index (χ1n) is 4.18. The first kappa shape index (κ1) is 13.0. The number of hydrogen-bond acceptors (Lipinski definition) is 6. The Labute approximate surface area is 95.8 Å².